The van der Waals surface area contributed by atoms with Gasteiger partial charge in [-0.15, -0.1) is 0 Å². The van der Waals surface area contributed by atoms with E-state index in [1.54, 1.807) is 0 Å². The highest BCUT2D eigenvalue weighted by Crippen LogP contribution is 2.18. The van der Waals surface area contributed by atoms with Crippen molar-refractivity contribution in [2.75, 3.05) is 19.6 Å². The van der Waals surface area contributed by atoms with Gasteiger partial charge in [0.2, 0.25) is 5.91 Å². The predicted molar refractivity (Wildman–Crippen MR) is 82.6 cm³/mol. The summed E-state index contributed by atoms with van der Waals surface area (Å²) in [6.45, 7) is 7.37. The molecule has 0 unspecified atom stereocenters. The van der Waals surface area contributed by atoms with Gasteiger partial charge in [-0.05, 0) is 42.9 Å². The minimum Gasteiger partial charge on any atom is -0.369 e. The molecule has 110 valence electrons. The number of likely N-dealkylation sites (tertiary alicyclic amines) is 1. The molecule has 0 saturated carbocycles. The molecule has 0 aromatic heterocycles. The highest BCUT2D eigenvalue weighted by Gasteiger charge is 2.23. The van der Waals surface area contributed by atoms with Crippen molar-refractivity contribution >= 4 is 5.91 Å². The fraction of sp³-hybridized carbons (Fsp3) is 0.588. The quantitative estimate of drug-likeness (QED) is 0.897. The van der Waals surface area contributed by atoms with Crippen LogP contribution in [0.5, 0.6) is 0 Å². The van der Waals surface area contributed by atoms with Gasteiger partial charge in [-0.25, -0.2) is 0 Å². The van der Waals surface area contributed by atoms with E-state index < -0.39 is 0 Å². The molecule has 1 fully saturated rings. The molecule has 3 heteroatoms. The summed E-state index contributed by atoms with van der Waals surface area (Å²) in [6.07, 6.45) is 3.08. The summed E-state index contributed by atoms with van der Waals surface area (Å²) in [6, 6.07) is 8.90. The standard InChI is InChI=1S/C17H26N2O/c1-13(2)15-7-5-14(6-8-15)9-11-19-10-3-4-16(12-19)17(18)20/h5-8,13,16H,3-4,9-12H2,1-2H3,(H2,18,20)/t16-/m0/s1. The van der Waals surface area contributed by atoms with Crippen LogP contribution in [0.1, 0.15) is 43.7 Å². The number of piperidine rings is 1. The van der Waals surface area contributed by atoms with Crippen molar-refractivity contribution < 1.29 is 4.79 Å². The Bertz CT molecular complexity index is 439. The maximum absolute atomic E-state index is 11.3. The molecule has 1 aliphatic heterocycles. The number of nitrogens with zero attached hydrogens (tertiary/aromatic N) is 1. The molecule has 2 rings (SSSR count). The van der Waals surface area contributed by atoms with E-state index >= 15 is 0 Å². The molecule has 0 spiro atoms. The summed E-state index contributed by atoms with van der Waals surface area (Å²) in [7, 11) is 0. The summed E-state index contributed by atoms with van der Waals surface area (Å²) in [5.41, 5.74) is 8.18. The Kier molecular flexibility index (Phi) is 5.18. The molecule has 1 atom stereocenters. The Labute approximate surface area is 122 Å². The lowest BCUT2D eigenvalue weighted by atomic mass is 9.97. The zero-order valence-electron chi connectivity index (χ0n) is 12.6. The van der Waals surface area contributed by atoms with Crippen molar-refractivity contribution in [3.05, 3.63) is 35.4 Å². The normalized spacial score (nSPS) is 20.2. The summed E-state index contributed by atoms with van der Waals surface area (Å²) in [5.74, 6) is 0.491. The maximum atomic E-state index is 11.3. The number of carbonyl (C=O) groups excluding carboxylic acids is 1. The van der Waals surface area contributed by atoms with Gasteiger partial charge in [-0.1, -0.05) is 38.1 Å². The number of benzene rings is 1. The third kappa shape index (κ3) is 4.07. The van der Waals surface area contributed by atoms with Crippen LogP contribution in [0.25, 0.3) is 0 Å². The highest BCUT2D eigenvalue weighted by atomic mass is 16.1. The van der Waals surface area contributed by atoms with Crippen LogP contribution in [0.2, 0.25) is 0 Å². The molecule has 0 bridgehead atoms. The Morgan fingerprint density at radius 1 is 1.35 bits per heavy atom. The van der Waals surface area contributed by atoms with Gasteiger partial charge in [0, 0.05) is 13.1 Å². The second-order valence-corrected chi connectivity index (χ2v) is 6.19. The number of hydrogen-bond donors (Lipinski definition) is 1. The predicted octanol–water partition coefficient (Wildman–Crippen LogP) is 2.55. The number of carbonyl (C=O) groups is 1. The SMILES string of the molecule is CC(C)c1ccc(CCN2CCC[C@H](C(N)=O)C2)cc1. The number of amides is 1. The van der Waals surface area contributed by atoms with E-state index in [-0.39, 0.29) is 11.8 Å². The monoisotopic (exact) mass is 274 g/mol. The second kappa shape index (κ2) is 6.89. The average Bonchev–Trinajstić information content (AvgIpc) is 2.46. The van der Waals surface area contributed by atoms with Gasteiger partial charge in [0.15, 0.2) is 0 Å². The van der Waals surface area contributed by atoms with Crippen molar-refractivity contribution in [2.45, 2.75) is 39.0 Å². The summed E-state index contributed by atoms with van der Waals surface area (Å²) >= 11 is 0. The number of rotatable bonds is 5. The molecular formula is C17H26N2O. The fourth-order valence-electron chi connectivity index (χ4n) is 2.85. The molecule has 2 N–H and O–H groups in total. The first-order valence-electron chi connectivity index (χ1n) is 7.66. The van der Waals surface area contributed by atoms with Gasteiger partial charge >= 0.3 is 0 Å². The molecule has 1 saturated heterocycles. The number of hydrogen-bond acceptors (Lipinski definition) is 2. The van der Waals surface area contributed by atoms with Crippen LogP contribution in [-0.2, 0) is 11.2 Å². The third-order valence-corrected chi connectivity index (χ3v) is 4.27. The molecule has 1 aromatic carbocycles. The molecule has 1 heterocycles. The molecule has 1 aliphatic rings. The minimum absolute atomic E-state index is 0.0482. The zero-order valence-corrected chi connectivity index (χ0v) is 12.6. The Balaban J connectivity index is 1.84. The van der Waals surface area contributed by atoms with E-state index in [4.69, 9.17) is 5.73 Å². The maximum Gasteiger partial charge on any atom is 0.221 e. The molecule has 1 amide bonds. The van der Waals surface area contributed by atoms with Gasteiger partial charge in [0.1, 0.15) is 0 Å². The lowest BCUT2D eigenvalue weighted by Gasteiger charge is -2.31. The van der Waals surface area contributed by atoms with Gasteiger partial charge < -0.3 is 10.6 Å². The largest absolute Gasteiger partial charge is 0.369 e. The van der Waals surface area contributed by atoms with E-state index in [1.165, 1.54) is 11.1 Å². The third-order valence-electron chi connectivity index (χ3n) is 4.27. The average molecular weight is 274 g/mol. The van der Waals surface area contributed by atoms with Crippen LogP contribution in [0, 0.1) is 5.92 Å². The number of primary amides is 1. The smallest absolute Gasteiger partial charge is 0.221 e. The minimum atomic E-state index is -0.143. The van der Waals surface area contributed by atoms with Crippen LogP contribution in [0.3, 0.4) is 0 Å². The first-order chi connectivity index (χ1) is 9.56. The van der Waals surface area contributed by atoms with Crippen molar-refractivity contribution in [1.29, 1.82) is 0 Å². The summed E-state index contributed by atoms with van der Waals surface area (Å²) < 4.78 is 0. The van der Waals surface area contributed by atoms with Crippen LogP contribution in [0.15, 0.2) is 24.3 Å². The van der Waals surface area contributed by atoms with E-state index in [9.17, 15) is 4.79 Å². The van der Waals surface area contributed by atoms with Crippen molar-refractivity contribution in [3.8, 4) is 0 Å². The highest BCUT2D eigenvalue weighted by molar-refractivity contribution is 5.76. The van der Waals surface area contributed by atoms with Gasteiger partial charge in [-0.3, -0.25) is 4.79 Å². The molecule has 0 radical (unpaired) electrons. The lowest BCUT2D eigenvalue weighted by Crippen LogP contribution is -2.41. The van der Waals surface area contributed by atoms with E-state index in [2.05, 4.69) is 43.0 Å². The van der Waals surface area contributed by atoms with Crippen molar-refractivity contribution in [1.82, 2.24) is 4.90 Å². The first-order valence-corrected chi connectivity index (χ1v) is 7.66. The molecule has 3 nitrogen and oxygen atoms in total. The van der Waals surface area contributed by atoms with Gasteiger partial charge in [0.25, 0.3) is 0 Å². The van der Waals surface area contributed by atoms with Crippen molar-refractivity contribution in [3.63, 3.8) is 0 Å². The second-order valence-electron chi connectivity index (χ2n) is 6.19. The molecule has 1 aromatic rings. The van der Waals surface area contributed by atoms with Gasteiger partial charge in [-0.2, -0.15) is 0 Å². The summed E-state index contributed by atoms with van der Waals surface area (Å²) in [5, 5.41) is 0. The summed E-state index contributed by atoms with van der Waals surface area (Å²) in [4.78, 5) is 13.6. The number of nitrogens with two attached hydrogens (primary N) is 1. The Morgan fingerprint density at radius 2 is 2.05 bits per heavy atom. The van der Waals surface area contributed by atoms with E-state index in [0.29, 0.717) is 5.92 Å². The molecule has 20 heavy (non-hydrogen) atoms. The molecule has 0 aliphatic carbocycles. The van der Waals surface area contributed by atoms with E-state index in [0.717, 1.165) is 38.9 Å². The lowest BCUT2D eigenvalue weighted by molar-refractivity contribution is -0.123. The van der Waals surface area contributed by atoms with Crippen LogP contribution in [-0.4, -0.2) is 30.4 Å². The van der Waals surface area contributed by atoms with Crippen LogP contribution < -0.4 is 5.73 Å². The zero-order chi connectivity index (χ0) is 14.5. The fourth-order valence-corrected chi connectivity index (χ4v) is 2.85. The Morgan fingerprint density at radius 3 is 2.65 bits per heavy atom. The van der Waals surface area contributed by atoms with E-state index in [1.807, 2.05) is 0 Å². The topological polar surface area (TPSA) is 46.3 Å². The molecular weight excluding hydrogens is 248 g/mol. The Hall–Kier alpha value is -1.35. The first kappa shape index (κ1) is 15.0. The van der Waals surface area contributed by atoms with Crippen LogP contribution in [0.4, 0.5) is 0 Å². The van der Waals surface area contributed by atoms with Crippen molar-refractivity contribution in [2.24, 2.45) is 11.7 Å². The van der Waals surface area contributed by atoms with Crippen LogP contribution >= 0.6 is 0 Å². The van der Waals surface area contributed by atoms with Gasteiger partial charge in [0.05, 0.1) is 5.92 Å².